The van der Waals surface area contributed by atoms with Gasteiger partial charge in [-0.15, -0.1) is 0 Å². The highest BCUT2D eigenvalue weighted by Crippen LogP contribution is 2.18. The zero-order chi connectivity index (χ0) is 10.8. The van der Waals surface area contributed by atoms with E-state index in [1.54, 1.807) is 12.1 Å². The molecule has 3 nitrogen and oxygen atoms in total. The molecule has 0 unspecified atom stereocenters. The summed E-state index contributed by atoms with van der Waals surface area (Å²) in [5.41, 5.74) is -0.116. The van der Waals surface area contributed by atoms with Crippen molar-refractivity contribution in [1.82, 2.24) is 0 Å². The topological polar surface area (TPSA) is 49.4 Å². The number of aromatic carboxylic acids is 1. The van der Waals surface area contributed by atoms with Crippen LogP contribution in [-0.2, 0) is 0 Å². The molecule has 0 N–H and O–H groups in total. The van der Waals surface area contributed by atoms with Gasteiger partial charge in [0, 0.05) is 0 Å². The van der Waals surface area contributed by atoms with Crippen molar-refractivity contribution in [2.75, 3.05) is 0 Å². The van der Waals surface area contributed by atoms with Crippen LogP contribution in [0.1, 0.15) is 31.1 Å². The quantitative estimate of drug-likeness (QED) is 0.709. The third-order valence-corrected chi connectivity index (χ3v) is 1.51. The van der Waals surface area contributed by atoms with Gasteiger partial charge >= 0.3 is 0 Å². The molecule has 1 aromatic carbocycles. The summed E-state index contributed by atoms with van der Waals surface area (Å²) in [5.74, 6) is -0.519. The minimum Gasteiger partial charge on any atom is -0.545 e. The lowest BCUT2D eigenvalue weighted by atomic mass is 10.2. The summed E-state index contributed by atoms with van der Waals surface area (Å²) in [4.78, 5) is 10.4. The number of carboxylic acids is 1. The number of ether oxygens (including phenoxy) is 1. The van der Waals surface area contributed by atoms with Crippen LogP contribution in [0.15, 0.2) is 24.3 Å². The van der Waals surface area contributed by atoms with E-state index in [4.69, 9.17) is 4.74 Å². The first kappa shape index (κ1) is 10.6. The molecule has 0 radical (unpaired) electrons. The van der Waals surface area contributed by atoms with E-state index >= 15 is 0 Å². The van der Waals surface area contributed by atoms with E-state index in [-0.39, 0.29) is 11.2 Å². The van der Waals surface area contributed by atoms with E-state index in [2.05, 4.69) is 0 Å². The second-order valence-electron chi connectivity index (χ2n) is 4.03. The van der Waals surface area contributed by atoms with Gasteiger partial charge in [0.1, 0.15) is 11.4 Å². The molecule has 76 valence electrons. The molecule has 0 atom stereocenters. The van der Waals surface area contributed by atoms with Crippen molar-refractivity contribution >= 4 is 5.97 Å². The van der Waals surface area contributed by atoms with Gasteiger partial charge < -0.3 is 14.6 Å². The van der Waals surface area contributed by atoms with Crippen LogP contribution >= 0.6 is 0 Å². The normalized spacial score (nSPS) is 11.1. The number of rotatable bonds is 2. The van der Waals surface area contributed by atoms with Crippen LogP contribution in [0.4, 0.5) is 0 Å². The molecule has 0 fully saturated rings. The maximum absolute atomic E-state index is 10.4. The molecule has 0 spiro atoms. The molecule has 0 aliphatic carbocycles. The van der Waals surface area contributed by atoms with Crippen molar-refractivity contribution in [3.05, 3.63) is 29.8 Å². The van der Waals surface area contributed by atoms with Crippen molar-refractivity contribution in [3.63, 3.8) is 0 Å². The highest BCUT2D eigenvalue weighted by Gasteiger charge is 2.11. The molecule has 0 amide bonds. The second-order valence-corrected chi connectivity index (χ2v) is 4.03. The number of hydrogen-bond acceptors (Lipinski definition) is 3. The van der Waals surface area contributed by atoms with Gasteiger partial charge in [0.2, 0.25) is 0 Å². The molecule has 0 aliphatic heterocycles. The maximum atomic E-state index is 10.4. The van der Waals surface area contributed by atoms with E-state index in [9.17, 15) is 9.90 Å². The largest absolute Gasteiger partial charge is 0.545 e. The predicted molar refractivity (Wildman–Crippen MR) is 51.2 cm³/mol. The van der Waals surface area contributed by atoms with E-state index < -0.39 is 5.97 Å². The van der Waals surface area contributed by atoms with Crippen LogP contribution in [0.3, 0.4) is 0 Å². The Morgan fingerprint density at radius 3 is 2.07 bits per heavy atom. The molecular weight excluding hydrogens is 180 g/mol. The SMILES string of the molecule is CC(C)(C)Oc1ccc(C(=O)[O-])cc1. The monoisotopic (exact) mass is 193 g/mol. The van der Waals surface area contributed by atoms with E-state index in [1.165, 1.54) is 12.1 Å². The first-order valence-corrected chi connectivity index (χ1v) is 4.39. The maximum Gasteiger partial charge on any atom is 0.120 e. The number of carboxylic acid groups (broad SMARTS) is 1. The number of carbonyl (C=O) groups is 1. The summed E-state index contributed by atoms with van der Waals surface area (Å²) < 4.78 is 5.52. The zero-order valence-corrected chi connectivity index (χ0v) is 8.53. The van der Waals surface area contributed by atoms with E-state index in [0.717, 1.165) is 0 Å². The van der Waals surface area contributed by atoms with Gasteiger partial charge in [-0.3, -0.25) is 0 Å². The molecule has 0 bridgehead atoms. The average Bonchev–Trinajstić information content (AvgIpc) is 2.02. The van der Waals surface area contributed by atoms with Crippen LogP contribution in [0.5, 0.6) is 5.75 Å². The summed E-state index contributed by atoms with van der Waals surface area (Å²) in [6, 6.07) is 6.18. The lowest BCUT2D eigenvalue weighted by Crippen LogP contribution is -2.24. The van der Waals surface area contributed by atoms with Crippen LogP contribution in [0.25, 0.3) is 0 Å². The molecule has 0 heterocycles. The Labute approximate surface area is 83.3 Å². The molecular formula is C11H13O3-. The Morgan fingerprint density at radius 2 is 1.71 bits per heavy atom. The van der Waals surface area contributed by atoms with Crippen molar-refractivity contribution in [3.8, 4) is 5.75 Å². The Balaban J connectivity index is 2.79. The van der Waals surface area contributed by atoms with Gasteiger partial charge in [0.05, 0.1) is 5.97 Å². The molecule has 0 aromatic heterocycles. The zero-order valence-electron chi connectivity index (χ0n) is 8.53. The molecule has 1 aromatic rings. The third kappa shape index (κ3) is 3.09. The van der Waals surface area contributed by atoms with Crippen molar-refractivity contribution in [2.24, 2.45) is 0 Å². The summed E-state index contributed by atoms with van der Waals surface area (Å²) in [5, 5.41) is 10.4. The number of carbonyl (C=O) groups excluding carboxylic acids is 1. The van der Waals surface area contributed by atoms with Gasteiger partial charge in [-0.05, 0) is 50.6 Å². The standard InChI is InChI=1S/C11H14O3/c1-11(2,3)14-9-6-4-8(5-7-9)10(12)13/h4-7H,1-3H3,(H,12,13)/p-1. The van der Waals surface area contributed by atoms with Crippen LogP contribution < -0.4 is 9.84 Å². The molecule has 0 saturated heterocycles. The Bertz CT molecular complexity index is 319. The number of benzene rings is 1. The van der Waals surface area contributed by atoms with E-state index in [0.29, 0.717) is 5.75 Å². The van der Waals surface area contributed by atoms with Gasteiger partial charge in [0.25, 0.3) is 0 Å². The number of hydrogen-bond donors (Lipinski definition) is 0. The van der Waals surface area contributed by atoms with Crippen molar-refractivity contribution in [1.29, 1.82) is 0 Å². The smallest absolute Gasteiger partial charge is 0.120 e. The summed E-state index contributed by atoms with van der Waals surface area (Å²) in [6.45, 7) is 5.79. The highest BCUT2D eigenvalue weighted by atomic mass is 16.5. The van der Waals surface area contributed by atoms with E-state index in [1.807, 2.05) is 20.8 Å². The minimum absolute atomic E-state index is 0.159. The van der Waals surface area contributed by atoms with Crippen LogP contribution in [-0.4, -0.2) is 11.6 Å². The van der Waals surface area contributed by atoms with Gasteiger partial charge in [-0.2, -0.15) is 0 Å². The Morgan fingerprint density at radius 1 is 1.21 bits per heavy atom. The Hall–Kier alpha value is -1.51. The van der Waals surface area contributed by atoms with Crippen molar-refractivity contribution < 1.29 is 14.6 Å². The first-order chi connectivity index (χ1) is 6.38. The average molecular weight is 193 g/mol. The highest BCUT2D eigenvalue weighted by molar-refractivity contribution is 5.85. The fourth-order valence-electron chi connectivity index (χ4n) is 1.01. The molecule has 1 rings (SSSR count). The van der Waals surface area contributed by atoms with Crippen molar-refractivity contribution in [2.45, 2.75) is 26.4 Å². The fourth-order valence-corrected chi connectivity index (χ4v) is 1.01. The first-order valence-electron chi connectivity index (χ1n) is 4.39. The summed E-state index contributed by atoms with van der Waals surface area (Å²) in [6.07, 6.45) is 0. The van der Waals surface area contributed by atoms with Crippen LogP contribution in [0, 0.1) is 0 Å². The lowest BCUT2D eigenvalue weighted by Gasteiger charge is -2.21. The predicted octanol–water partition coefficient (Wildman–Crippen LogP) is 1.23. The Kier molecular flexibility index (Phi) is 2.79. The lowest BCUT2D eigenvalue weighted by molar-refractivity contribution is -0.255. The summed E-state index contributed by atoms with van der Waals surface area (Å²) in [7, 11) is 0. The van der Waals surface area contributed by atoms with Gasteiger partial charge in [-0.25, -0.2) is 0 Å². The summed E-state index contributed by atoms with van der Waals surface area (Å²) >= 11 is 0. The molecule has 3 heteroatoms. The molecule has 0 aliphatic rings. The third-order valence-electron chi connectivity index (χ3n) is 1.51. The van der Waals surface area contributed by atoms with Gasteiger partial charge in [0.15, 0.2) is 0 Å². The minimum atomic E-state index is -1.17. The van der Waals surface area contributed by atoms with Crippen LogP contribution in [0.2, 0.25) is 0 Å². The second kappa shape index (κ2) is 3.70. The van der Waals surface area contributed by atoms with Gasteiger partial charge in [-0.1, -0.05) is 0 Å². The fraction of sp³-hybridized carbons (Fsp3) is 0.364. The molecule has 14 heavy (non-hydrogen) atoms. The molecule has 0 saturated carbocycles.